The van der Waals surface area contributed by atoms with E-state index >= 15 is 0 Å². The van der Waals surface area contributed by atoms with Gasteiger partial charge >= 0.3 is 0 Å². The number of aliphatic hydroxyl groups is 1. The first kappa shape index (κ1) is 15.5. The van der Waals surface area contributed by atoms with Crippen molar-refractivity contribution in [2.45, 2.75) is 31.9 Å². The minimum Gasteiger partial charge on any atom is -0.393 e. The second kappa shape index (κ2) is 6.70. The third-order valence-electron chi connectivity index (χ3n) is 4.10. The SMILES string of the molecule is CC(C(=O)Nc1ccccc1C#N)N(C)CC1CC(O)C1. The molecule has 5 heteroatoms. The van der Waals surface area contributed by atoms with Crippen LogP contribution in [0.15, 0.2) is 24.3 Å². The number of nitriles is 1. The van der Waals surface area contributed by atoms with Crippen molar-refractivity contribution in [3.63, 3.8) is 0 Å². The maximum absolute atomic E-state index is 12.3. The third-order valence-corrected chi connectivity index (χ3v) is 4.10. The van der Waals surface area contributed by atoms with Crippen molar-refractivity contribution in [2.24, 2.45) is 5.92 Å². The Hall–Kier alpha value is -1.90. The molecule has 2 N–H and O–H groups in total. The Bertz CT molecular complexity index is 547. The molecule has 5 nitrogen and oxygen atoms in total. The van der Waals surface area contributed by atoms with Gasteiger partial charge in [-0.2, -0.15) is 5.26 Å². The van der Waals surface area contributed by atoms with E-state index < -0.39 is 0 Å². The summed E-state index contributed by atoms with van der Waals surface area (Å²) in [5, 5.41) is 21.1. The Morgan fingerprint density at radius 3 is 2.81 bits per heavy atom. The van der Waals surface area contributed by atoms with Crippen LogP contribution in [0.3, 0.4) is 0 Å². The highest BCUT2D eigenvalue weighted by molar-refractivity contribution is 5.95. The number of hydrogen-bond acceptors (Lipinski definition) is 4. The fourth-order valence-corrected chi connectivity index (χ4v) is 2.54. The van der Waals surface area contributed by atoms with Crippen LogP contribution >= 0.6 is 0 Å². The number of para-hydroxylation sites is 1. The van der Waals surface area contributed by atoms with E-state index in [-0.39, 0.29) is 18.1 Å². The van der Waals surface area contributed by atoms with E-state index in [0.717, 1.165) is 19.4 Å². The molecule has 1 amide bonds. The highest BCUT2D eigenvalue weighted by Crippen LogP contribution is 2.28. The molecule has 0 aromatic heterocycles. The molecule has 1 aromatic rings. The van der Waals surface area contributed by atoms with Crippen LogP contribution in [-0.2, 0) is 4.79 Å². The quantitative estimate of drug-likeness (QED) is 0.862. The highest BCUT2D eigenvalue weighted by Gasteiger charge is 2.30. The van der Waals surface area contributed by atoms with Gasteiger partial charge in [0.25, 0.3) is 0 Å². The topological polar surface area (TPSA) is 76.4 Å². The number of carbonyl (C=O) groups excluding carboxylic acids is 1. The summed E-state index contributed by atoms with van der Waals surface area (Å²) in [6, 6.07) is 8.76. The Morgan fingerprint density at radius 1 is 1.52 bits per heavy atom. The monoisotopic (exact) mass is 287 g/mol. The highest BCUT2D eigenvalue weighted by atomic mass is 16.3. The van der Waals surface area contributed by atoms with Gasteiger partial charge in [0.2, 0.25) is 5.91 Å². The molecule has 1 unspecified atom stereocenters. The zero-order valence-corrected chi connectivity index (χ0v) is 12.4. The zero-order valence-electron chi connectivity index (χ0n) is 12.4. The molecule has 0 aliphatic heterocycles. The number of nitrogens with zero attached hydrogens (tertiary/aromatic N) is 2. The zero-order chi connectivity index (χ0) is 15.4. The first-order valence-corrected chi connectivity index (χ1v) is 7.19. The van der Waals surface area contributed by atoms with Gasteiger partial charge in [-0.1, -0.05) is 12.1 Å². The lowest BCUT2D eigenvalue weighted by Crippen LogP contribution is -2.45. The van der Waals surface area contributed by atoms with Crippen molar-refractivity contribution >= 4 is 11.6 Å². The molecule has 1 fully saturated rings. The van der Waals surface area contributed by atoms with Crippen LogP contribution in [0, 0.1) is 17.2 Å². The largest absolute Gasteiger partial charge is 0.393 e. The van der Waals surface area contributed by atoms with Crippen LogP contribution < -0.4 is 5.32 Å². The third kappa shape index (κ3) is 3.81. The summed E-state index contributed by atoms with van der Waals surface area (Å²) in [7, 11) is 1.91. The molecule has 1 saturated carbocycles. The molecule has 1 aliphatic carbocycles. The summed E-state index contributed by atoms with van der Waals surface area (Å²) in [5.74, 6) is 0.340. The molecule has 0 bridgehead atoms. The van der Waals surface area contributed by atoms with Crippen molar-refractivity contribution in [2.75, 3.05) is 18.9 Å². The number of amides is 1. The summed E-state index contributed by atoms with van der Waals surface area (Å²) in [5.41, 5.74) is 1.01. The number of anilines is 1. The Kier molecular flexibility index (Phi) is 4.94. The van der Waals surface area contributed by atoms with Crippen molar-refractivity contribution in [1.82, 2.24) is 4.90 Å². The molecule has 1 atom stereocenters. The van der Waals surface area contributed by atoms with Gasteiger partial charge in [0, 0.05) is 6.54 Å². The summed E-state index contributed by atoms with van der Waals surface area (Å²) >= 11 is 0. The molecular formula is C16H21N3O2. The van der Waals surface area contributed by atoms with Crippen LogP contribution in [0.5, 0.6) is 0 Å². The van der Waals surface area contributed by atoms with Crippen LogP contribution in [0.25, 0.3) is 0 Å². The Balaban J connectivity index is 1.91. The number of likely N-dealkylation sites (N-methyl/N-ethyl adjacent to an activating group) is 1. The number of benzene rings is 1. The molecule has 21 heavy (non-hydrogen) atoms. The summed E-state index contributed by atoms with van der Waals surface area (Å²) < 4.78 is 0. The van der Waals surface area contributed by atoms with Gasteiger partial charge in [-0.15, -0.1) is 0 Å². The lowest BCUT2D eigenvalue weighted by atomic mass is 9.82. The second-order valence-corrected chi connectivity index (χ2v) is 5.75. The van der Waals surface area contributed by atoms with Crippen LogP contribution in [0.2, 0.25) is 0 Å². The summed E-state index contributed by atoms with van der Waals surface area (Å²) in [6.07, 6.45) is 1.46. The van der Waals surface area contributed by atoms with Gasteiger partial charge in [-0.25, -0.2) is 0 Å². The van der Waals surface area contributed by atoms with Gasteiger partial charge < -0.3 is 10.4 Å². The molecular weight excluding hydrogens is 266 g/mol. The van der Waals surface area contributed by atoms with Crippen molar-refractivity contribution in [1.29, 1.82) is 5.26 Å². The molecule has 0 spiro atoms. The first-order chi connectivity index (χ1) is 10.0. The number of carbonyl (C=O) groups is 1. The molecule has 2 rings (SSSR count). The Morgan fingerprint density at radius 2 is 2.19 bits per heavy atom. The van der Waals surface area contributed by atoms with Gasteiger partial charge in [0.15, 0.2) is 0 Å². The van der Waals surface area contributed by atoms with E-state index in [1.807, 2.05) is 18.9 Å². The number of nitrogens with one attached hydrogen (secondary N) is 1. The fraction of sp³-hybridized carbons (Fsp3) is 0.500. The van der Waals surface area contributed by atoms with E-state index in [1.54, 1.807) is 24.3 Å². The van der Waals surface area contributed by atoms with Gasteiger partial charge in [0.05, 0.1) is 23.4 Å². The lowest BCUT2D eigenvalue weighted by molar-refractivity contribution is -0.120. The summed E-state index contributed by atoms with van der Waals surface area (Å²) in [6.45, 7) is 2.64. The maximum atomic E-state index is 12.3. The number of hydrogen-bond donors (Lipinski definition) is 2. The predicted molar refractivity (Wildman–Crippen MR) is 80.6 cm³/mol. The van der Waals surface area contributed by atoms with Crippen molar-refractivity contribution in [3.05, 3.63) is 29.8 Å². The molecule has 0 saturated heterocycles. The van der Waals surface area contributed by atoms with E-state index in [1.165, 1.54) is 0 Å². The summed E-state index contributed by atoms with van der Waals surface area (Å²) in [4.78, 5) is 14.2. The lowest BCUT2D eigenvalue weighted by Gasteiger charge is -2.36. The smallest absolute Gasteiger partial charge is 0.241 e. The van der Waals surface area contributed by atoms with Crippen LogP contribution in [0.1, 0.15) is 25.3 Å². The minimum absolute atomic E-state index is 0.125. The normalized spacial score (nSPS) is 22.2. The molecule has 0 heterocycles. The first-order valence-electron chi connectivity index (χ1n) is 7.19. The van der Waals surface area contributed by atoms with Crippen LogP contribution in [0.4, 0.5) is 5.69 Å². The minimum atomic E-state index is -0.283. The molecule has 1 aromatic carbocycles. The van der Waals surface area contributed by atoms with Crippen molar-refractivity contribution < 1.29 is 9.90 Å². The van der Waals surface area contributed by atoms with Crippen molar-refractivity contribution in [3.8, 4) is 6.07 Å². The van der Waals surface area contributed by atoms with Crippen LogP contribution in [-0.4, -0.2) is 41.7 Å². The standard InChI is InChI=1S/C16H21N3O2/c1-11(19(2)10-12-7-14(20)8-12)16(21)18-15-6-4-3-5-13(15)9-17/h3-6,11-12,14,20H,7-8,10H2,1-2H3,(H,18,21). The fourth-order valence-electron chi connectivity index (χ4n) is 2.54. The van der Waals surface area contributed by atoms with Gasteiger partial charge in [-0.3, -0.25) is 9.69 Å². The van der Waals surface area contributed by atoms with E-state index in [9.17, 15) is 9.90 Å². The van der Waals surface area contributed by atoms with Gasteiger partial charge in [0.1, 0.15) is 6.07 Å². The van der Waals surface area contributed by atoms with E-state index in [0.29, 0.717) is 17.2 Å². The second-order valence-electron chi connectivity index (χ2n) is 5.75. The average molecular weight is 287 g/mol. The predicted octanol–water partition coefficient (Wildman–Crippen LogP) is 1.59. The molecule has 1 aliphatic rings. The van der Waals surface area contributed by atoms with Gasteiger partial charge in [-0.05, 0) is 44.9 Å². The molecule has 112 valence electrons. The Labute approximate surface area is 125 Å². The number of rotatable bonds is 5. The maximum Gasteiger partial charge on any atom is 0.241 e. The number of aliphatic hydroxyl groups excluding tert-OH is 1. The molecule has 0 radical (unpaired) electrons. The van der Waals surface area contributed by atoms with E-state index in [2.05, 4.69) is 11.4 Å². The van der Waals surface area contributed by atoms with E-state index in [4.69, 9.17) is 5.26 Å². The average Bonchev–Trinajstić information content (AvgIpc) is 2.45.